The minimum atomic E-state index is 1.35. The van der Waals surface area contributed by atoms with E-state index < -0.39 is 0 Å². The summed E-state index contributed by atoms with van der Waals surface area (Å²) < 4.78 is 1.41. The van der Waals surface area contributed by atoms with Gasteiger partial charge < -0.3 is 0 Å². The van der Waals surface area contributed by atoms with Crippen molar-refractivity contribution in [3.8, 4) is 0 Å². The fourth-order valence-corrected chi connectivity index (χ4v) is 2.29. The normalized spacial score (nSPS) is 9.54. The minimum Gasteiger partial charge on any atom is -0.141 e. The average molecular weight is 192 g/mol. The van der Waals surface area contributed by atoms with Crippen molar-refractivity contribution in [3.05, 3.63) is 34.7 Å². The Balaban J connectivity index is 0.000000396. The molecule has 0 amide bonds. The van der Waals surface area contributed by atoms with Gasteiger partial charge in [0, 0.05) is 9.58 Å². The lowest BCUT2D eigenvalue weighted by Gasteiger charge is -1.89. The summed E-state index contributed by atoms with van der Waals surface area (Å²) in [6.07, 6.45) is 0. The number of thiophene rings is 1. The molecule has 0 aliphatic rings. The van der Waals surface area contributed by atoms with Crippen LogP contribution in [0.25, 0.3) is 10.1 Å². The van der Waals surface area contributed by atoms with Crippen LogP contribution in [-0.2, 0) is 0 Å². The highest BCUT2D eigenvalue weighted by Gasteiger charge is 1.96. The maximum atomic E-state index is 2.24. The Morgan fingerprint density at radius 3 is 2.38 bits per heavy atom. The summed E-state index contributed by atoms with van der Waals surface area (Å²) >= 11 is 1.87. The molecular weight excluding hydrogens is 176 g/mol. The summed E-state index contributed by atoms with van der Waals surface area (Å²) in [4.78, 5) is 1.39. The van der Waals surface area contributed by atoms with Crippen LogP contribution in [0.3, 0.4) is 0 Å². The molecule has 0 aliphatic carbocycles. The Morgan fingerprint density at radius 2 is 1.69 bits per heavy atom. The van der Waals surface area contributed by atoms with Crippen LogP contribution in [0.1, 0.15) is 24.3 Å². The summed E-state index contributed by atoms with van der Waals surface area (Å²) in [5.41, 5.74) is 1.35. The Bertz CT molecular complexity index is 385. The summed E-state index contributed by atoms with van der Waals surface area (Å²) in [5, 5.41) is 1.37. The third-order valence-electron chi connectivity index (χ3n) is 1.80. The Morgan fingerprint density at radius 1 is 1.00 bits per heavy atom. The van der Waals surface area contributed by atoms with Gasteiger partial charge in [0.2, 0.25) is 0 Å². The summed E-state index contributed by atoms with van der Waals surface area (Å²) in [6, 6.07) is 8.83. The van der Waals surface area contributed by atoms with Crippen molar-refractivity contribution in [2.75, 3.05) is 0 Å². The number of benzene rings is 1. The van der Waals surface area contributed by atoms with Crippen LogP contribution in [0.5, 0.6) is 0 Å². The van der Waals surface area contributed by atoms with Crippen LogP contribution >= 0.6 is 11.3 Å². The molecule has 2 aromatic rings. The molecule has 0 bridgehead atoms. The van der Waals surface area contributed by atoms with Gasteiger partial charge in [0.1, 0.15) is 0 Å². The predicted molar refractivity (Wildman–Crippen MR) is 62.6 cm³/mol. The second kappa shape index (κ2) is 4.43. The quantitative estimate of drug-likeness (QED) is 0.574. The van der Waals surface area contributed by atoms with Crippen LogP contribution in [0.15, 0.2) is 24.3 Å². The molecule has 2 rings (SSSR count). The van der Waals surface area contributed by atoms with Gasteiger partial charge in [-0.2, -0.15) is 0 Å². The first-order chi connectivity index (χ1) is 6.25. The van der Waals surface area contributed by atoms with Gasteiger partial charge in [-0.15, -0.1) is 11.3 Å². The van der Waals surface area contributed by atoms with Gasteiger partial charge in [-0.1, -0.05) is 26.0 Å². The minimum absolute atomic E-state index is 1.35. The van der Waals surface area contributed by atoms with Crippen LogP contribution in [-0.4, -0.2) is 0 Å². The third-order valence-corrected chi connectivity index (χ3v) is 2.81. The summed E-state index contributed by atoms with van der Waals surface area (Å²) in [7, 11) is 0. The fourth-order valence-electron chi connectivity index (χ4n) is 1.27. The van der Waals surface area contributed by atoms with Gasteiger partial charge in [0.15, 0.2) is 0 Å². The summed E-state index contributed by atoms with van der Waals surface area (Å²) in [6.45, 7) is 8.29. The van der Waals surface area contributed by atoms with Crippen molar-refractivity contribution in [1.82, 2.24) is 0 Å². The zero-order chi connectivity index (χ0) is 9.84. The van der Waals surface area contributed by atoms with Crippen molar-refractivity contribution in [2.45, 2.75) is 27.7 Å². The smallest absolute Gasteiger partial charge is 0.0348 e. The lowest BCUT2D eigenvalue weighted by atomic mass is 10.2. The Hall–Kier alpha value is -0.820. The first-order valence-corrected chi connectivity index (χ1v) is 5.54. The van der Waals surface area contributed by atoms with E-state index in [1.165, 1.54) is 20.5 Å². The second-order valence-electron chi connectivity index (χ2n) is 2.90. The molecular formula is C12H16S. The lowest BCUT2D eigenvalue weighted by molar-refractivity contribution is 1.50. The van der Waals surface area contributed by atoms with Crippen molar-refractivity contribution < 1.29 is 0 Å². The number of hydrogen-bond donors (Lipinski definition) is 0. The van der Waals surface area contributed by atoms with E-state index in [1.807, 2.05) is 25.2 Å². The molecule has 0 atom stereocenters. The molecule has 1 heteroatoms. The molecule has 0 saturated carbocycles. The highest BCUT2D eigenvalue weighted by Crippen LogP contribution is 2.25. The molecule has 13 heavy (non-hydrogen) atoms. The van der Waals surface area contributed by atoms with Gasteiger partial charge >= 0.3 is 0 Å². The van der Waals surface area contributed by atoms with E-state index in [9.17, 15) is 0 Å². The standard InChI is InChI=1S/C10H10S.C2H6/c1-7-3-4-9-6-8(2)11-10(9)5-7;1-2/h3-6H,1-2H3;1-2H3. The molecule has 0 radical (unpaired) electrons. The molecule has 1 heterocycles. The number of fused-ring (bicyclic) bond motifs is 1. The van der Waals surface area contributed by atoms with Gasteiger partial charge in [0.25, 0.3) is 0 Å². The summed E-state index contributed by atoms with van der Waals surface area (Å²) in [5.74, 6) is 0. The van der Waals surface area contributed by atoms with Gasteiger partial charge in [-0.05, 0) is 36.9 Å². The third kappa shape index (κ3) is 2.31. The Labute approximate surface area is 84.2 Å². The first-order valence-electron chi connectivity index (χ1n) is 4.72. The van der Waals surface area contributed by atoms with E-state index in [4.69, 9.17) is 0 Å². The molecule has 0 N–H and O–H groups in total. The second-order valence-corrected chi connectivity index (χ2v) is 4.19. The van der Waals surface area contributed by atoms with Crippen LogP contribution in [0.2, 0.25) is 0 Å². The number of rotatable bonds is 0. The monoisotopic (exact) mass is 192 g/mol. The maximum absolute atomic E-state index is 2.24. The fraction of sp³-hybridized carbons (Fsp3) is 0.333. The molecule has 0 aliphatic heterocycles. The van der Waals surface area contributed by atoms with E-state index in [0.29, 0.717) is 0 Å². The van der Waals surface area contributed by atoms with E-state index in [1.54, 1.807) is 0 Å². The molecule has 0 spiro atoms. The van der Waals surface area contributed by atoms with Crippen molar-refractivity contribution in [3.63, 3.8) is 0 Å². The van der Waals surface area contributed by atoms with E-state index >= 15 is 0 Å². The van der Waals surface area contributed by atoms with Crippen molar-refractivity contribution >= 4 is 21.4 Å². The van der Waals surface area contributed by atoms with E-state index in [-0.39, 0.29) is 0 Å². The number of aryl methyl sites for hydroxylation is 2. The molecule has 70 valence electrons. The highest BCUT2D eigenvalue weighted by atomic mass is 32.1. The van der Waals surface area contributed by atoms with E-state index in [0.717, 1.165) is 0 Å². The Kier molecular flexibility index (Phi) is 3.49. The molecule has 0 unspecified atom stereocenters. The van der Waals surface area contributed by atoms with Gasteiger partial charge in [0.05, 0.1) is 0 Å². The maximum Gasteiger partial charge on any atom is 0.0348 e. The first kappa shape index (κ1) is 10.3. The van der Waals surface area contributed by atoms with Crippen molar-refractivity contribution in [1.29, 1.82) is 0 Å². The van der Waals surface area contributed by atoms with Crippen molar-refractivity contribution in [2.24, 2.45) is 0 Å². The zero-order valence-electron chi connectivity index (χ0n) is 8.72. The zero-order valence-corrected chi connectivity index (χ0v) is 9.53. The molecule has 0 nitrogen and oxygen atoms in total. The topological polar surface area (TPSA) is 0 Å². The van der Waals surface area contributed by atoms with Crippen LogP contribution in [0.4, 0.5) is 0 Å². The molecule has 0 fully saturated rings. The van der Waals surface area contributed by atoms with Gasteiger partial charge in [-0.25, -0.2) is 0 Å². The SMILES string of the molecule is CC.Cc1ccc2cc(C)sc2c1. The van der Waals surface area contributed by atoms with Crippen LogP contribution < -0.4 is 0 Å². The molecule has 1 aromatic carbocycles. The number of hydrogen-bond acceptors (Lipinski definition) is 1. The average Bonchev–Trinajstić information content (AvgIpc) is 2.48. The molecule has 1 aromatic heterocycles. The van der Waals surface area contributed by atoms with Gasteiger partial charge in [-0.3, -0.25) is 0 Å². The highest BCUT2D eigenvalue weighted by molar-refractivity contribution is 7.19. The van der Waals surface area contributed by atoms with E-state index in [2.05, 4.69) is 38.1 Å². The lowest BCUT2D eigenvalue weighted by Crippen LogP contribution is -1.66. The van der Waals surface area contributed by atoms with Crippen LogP contribution in [0, 0.1) is 13.8 Å². The predicted octanol–water partition coefficient (Wildman–Crippen LogP) is 4.54. The largest absolute Gasteiger partial charge is 0.141 e. The molecule has 0 saturated heterocycles.